The Morgan fingerprint density at radius 3 is 2.58 bits per heavy atom. The molecule has 2 amide bonds. The van der Waals surface area contributed by atoms with Crippen molar-refractivity contribution in [1.29, 1.82) is 0 Å². The second-order valence-corrected chi connectivity index (χ2v) is 8.11. The lowest BCUT2D eigenvalue weighted by atomic mass is 10.2. The first-order valence-electron chi connectivity index (χ1n) is 7.90. The molecule has 1 aliphatic rings. The molecule has 0 atom stereocenters. The summed E-state index contributed by atoms with van der Waals surface area (Å²) in [5.74, 6) is 0.528. The Morgan fingerprint density at radius 1 is 1.19 bits per heavy atom. The highest BCUT2D eigenvalue weighted by Gasteiger charge is 2.34. The number of nitrogens with zero attached hydrogens (tertiary/aromatic N) is 1. The third-order valence-corrected chi connectivity index (χ3v) is 5.68. The van der Waals surface area contributed by atoms with Crippen molar-refractivity contribution in [3.63, 3.8) is 0 Å². The molecule has 134 valence electrons. The van der Waals surface area contributed by atoms with Crippen LogP contribution in [0.1, 0.15) is 18.1 Å². The van der Waals surface area contributed by atoms with Crippen LogP contribution >= 0.6 is 46.0 Å². The number of halogens is 2. The van der Waals surface area contributed by atoms with Crippen molar-refractivity contribution in [2.45, 2.75) is 13.5 Å². The largest absolute Gasteiger partial charge is 0.493 e. The van der Waals surface area contributed by atoms with Crippen molar-refractivity contribution in [3.05, 3.63) is 67.1 Å². The van der Waals surface area contributed by atoms with E-state index in [1.807, 2.05) is 37.3 Å². The molecule has 1 aliphatic heterocycles. The zero-order chi connectivity index (χ0) is 18.7. The van der Waals surface area contributed by atoms with Crippen LogP contribution in [0.5, 0.6) is 5.75 Å². The Bertz CT molecular complexity index is 883. The van der Waals surface area contributed by atoms with E-state index < -0.39 is 0 Å². The molecule has 26 heavy (non-hydrogen) atoms. The molecule has 0 saturated carbocycles. The standard InChI is InChI=1S/C19H15ClINO3S/c1-2-25-16-8-5-13(9-15(16)21)10-17-18(23)22(19(24)26-17)11-12-3-6-14(20)7-4-12/h3-10H,2,11H2,1H3/b17-10-. The molecular formula is C19H15ClINO3S. The van der Waals surface area contributed by atoms with Gasteiger partial charge in [0.15, 0.2) is 0 Å². The molecule has 4 nitrogen and oxygen atoms in total. The molecule has 2 aromatic carbocycles. The fourth-order valence-electron chi connectivity index (χ4n) is 2.44. The van der Waals surface area contributed by atoms with Gasteiger partial charge in [0.25, 0.3) is 11.1 Å². The summed E-state index contributed by atoms with van der Waals surface area (Å²) in [6.45, 7) is 2.76. The number of rotatable bonds is 5. The average molecular weight is 500 g/mol. The van der Waals surface area contributed by atoms with E-state index in [2.05, 4.69) is 22.6 Å². The summed E-state index contributed by atoms with van der Waals surface area (Å²) in [5, 5.41) is 0.352. The number of hydrogen-bond donors (Lipinski definition) is 0. The summed E-state index contributed by atoms with van der Waals surface area (Å²) in [6, 6.07) is 12.8. The molecule has 1 heterocycles. The molecule has 1 saturated heterocycles. The Kier molecular flexibility index (Phi) is 6.26. The Balaban J connectivity index is 1.78. The van der Waals surface area contributed by atoms with Crippen molar-refractivity contribution in [2.75, 3.05) is 6.61 Å². The topological polar surface area (TPSA) is 46.6 Å². The molecule has 0 aliphatic carbocycles. The van der Waals surface area contributed by atoms with E-state index >= 15 is 0 Å². The van der Waals surface area contributed by atoms with Gasteiger partial charge in [-0.2, -0.15) is 0 Å². The van der Waals surface area contributed by atoms with Crippen molar-refractivity contribution < 1.29 is 14.3 Å². The van der Waals surface area contributed by atoms with Crippen molar-refractivity contribution in [3.8, 4) is 5.75 Å². The Labute approximate surface area is 174 Å². The van der Waals surface area contributed by atoms with Gasteiger partial charge < -0.3 is 4.74 Å². The highest BCUT2D eigenvalue weighted by molar-refractivity contribution is 14.1. The van der Waals surface area contributed by atoms with Gasteiger partial charge in [-0.05, 0) is 82.7 Å². The predicted molar refractivity (Wildman–Crippen MR) is 113 cm³/mol. The number of hydrogen-bond acceptors (Lipinski definition) is 4. The lowest BCUT2D eigenvalue weighted by Crippen LogP contribution is -2.27. The molecule has 0 unspecified atom stereocenters. The van der Waals surface area contributed by atoms with Gasteiger partial charge >= 0.3 is 0 Å². The smallest absolute Gasteiger partial charge is 0.293 e. The summed E-state index contributed by atoms with van der Waals surface area (Å²) in [6.07, 6.45) is 1.74. The van der Waals surface area contributed by atoms with Gasteiger partial charge in [0.05, 0.1) is 21.6 Å². The van der Waals surface area contributed by atoms with Crippen LogP contribution in [-0.2, 0) is 11.3 Å². The van der Waals surface area contributed by atoms with E-state index in [-0.39, 0.29) is 17.7 Å². The van der Waals surface area contributed by atoms with Gasteiger partial charge in [-0.3, -0.25) is 14.5 Å². The van der Waals surface area contributed by atoms with Gasteiger partial charge in [-0.1, -0.05) is 29.8 Å². The number of carbonyl (C=O) groups is 2. The maximum absolute atomic E-state index is 12.6. The zero-order valence-corrected chi connectivity index (χ0v) is 17.6. The summed E-state index contributed by atoms with van der Waals surface area (Å²) in [7, 11) is 0. The number of amides is 2. The molecule has 1 fully saturated rings. The maximum atomic E-state index is 12.6. The molecular weight excluding hydrogens is 485 g/mol. The van der Waals surface area contributed by atoms with Crippen LogP contribution in [0.4, 0.5) is 4.79 Å². The van der Waals surface area contributed by atoms with E-state index in [9.17, 15) is 9.59 Å². The first-order valence-corrected chi connectivity index (χ1v) is 10.2. The lowest BCUT2D eigenvalue weighted by Gasteiger charge is -2.12. The number of imide groups is 1. The zero-order valence-electron chi connectivity index (χ0n) is 13.9. The van der Waals surface area contributed by atoms with Gasteiger partial charge in [0.2, 0.25) is 0 Å². The predicted octanol–water partition coefficient (Wildman–Crippen LogP) is 5.58. The number of ether oxygens (including phenoxy) is 1. The van der Waals surface area contributed by atoms with Crippen LogP contribution in [0.2, 0.25) is 5.02 Å². The second kappa shape index (κ2) is 8.45. The third-order valence-electron chi connectivity index (χ3n) is 3.68. The molecule has 0 bridgehead atoms. The molecule has 0 radical (unpaired) electrons. The van der Waals surface area contributed by atoms with E-state index in [0.717, 1.165) is 32.2 Å². The van der Waals surface area contributed by atoms with Crippen LogP contribution in [0.3, 0.4) is 0 Å². The molecule has 0 spiro atoms. The van der Waals surface area contributed by atoms with Gasteiger partial charge in [0.1, 0.15) is 5.75 Å². The molecule has 0 aromatic heterocycles. The first kappa shape index (κ1) is 19.3. The van der Waals surface area contributed by atoms with Crippen molar-refractivity contribution >= 4 is 63.2 Å². The highest BCUT2D eigenvalue weighted by atomic mass is 127. The van der Waals surface area contributed by atoms with Crippen LogP contribution in [0.25, 0.3) is 6.08 Å². The average Bonchev–Trinajstić information content (AvgIpc) is 2.87. The quantitative estimate of drug-likeness (QED) is 0.398. The fourth-order valence-corrected chi connectivity index (χ4v) is 4.10. The highest BCUT2D eigenvalue weighted by Crippen LogP contribution is 2.34. The van der Waals surface area contributed by atoms with Crippen LogP contribution in [0, 0.1) is 3.57 Å². The summed E-state index contributed by atoms with van der Waals surface area (Å²) >= 11 is 9.02. The normalized spacial score (nSPS) is 15.8. The minimum Gasteiger partial charge on any atom is -0.493 e. The summed E-state index contributed by atoms with van der Waals surface area (Å²) < 4.78 is 6.48. The van der Waals surface area contributed by atoms with Gasteiger partial charge in [-0.15, -0.1) is 0 Å². The molecule has 7 heteroatoms. The van der Waals surface area contributed by atoms with Crippen LogP contribution < -0.4 is 4.74 Å². The second-order valence-electron chi connectivity index (χ2n) is 5.52. The number of benzene rings is 2. The van der Waals surface area contributed by atoms with E-state index in [1.54, 1.807) is 18.2 Å². The molecule has 0 N–H and O–H groups in total. The lowest BCUT2D eigenvalue weighted by molar-refractivity contribution is -0.123. The van der Waals surface area contributed by atoms with E-state index in [0.29, 0.717) is 16.5 Å². The Morgan fingerprint density at radius 2 is 1.92 bits per heavy atom. The van der Waals surface area contributed by atoms with Crippen molar-refractivity contribution in [1.82, 2.24) is 4.90 Å². The minimum absolute atomic E-state index is 0.236. The summed E-state index contributed by atoms with van der Waals surface area (Å²) in [5.41, 5.74) is 1.71. The Hall–Kier alpha value is -1.51. The number of thioether (sulfide) groups is 1. The van der Waals surface area contributed by atoms with Crippen LogP contribution in [-0.4, -0.2) is 22.7 Å². The first-order chi connectivity index (χ1) is 12.5. The SMILES string of the molecule is CCOc1ccc(/C=C2\SC(=O)N(Cc3ccc(Cl)cc3)C2=O)cc1I. The molecule has 2 aromatic rings. The monoisotopic (exact) mass is 499 g/mol. The van der Waals surface area contributed by atoms with Gasteiger partial charge in [0, 0.05) is 5.02 Å². The van der Waals surface area contributed by atoms with E-state index in [1.165, 1.54) is 4.90 Å². The molecule has 3 rings (SSSR count). The maximum Gasteiger partial charge on any atom is 0.293 e. The van der Waals surface area contributed by atoms with E-state index in [4.69, 9.17) is 16.3 Å². The number of carbonyl (C=O) groups excluding carboxylic acids is 2. The van der Waals surface area contributed by atoms with Gasteiger partial charge in [-0.25, -0.2) is 0 Å². The third kappa shape index (κ3) is 4.42. The van der Waals surface area contributed by atoms with Crippen molar-refractivity contribution in [2.24, 2.45) is 0 Å². The van der Waals surface area contributed by atoms with Crippen LogP contribution in [0.15, 0.2) is 47.4 Å². The summed E-state index contributed by atoms with van der Waals surface area (Å²) in [4.78, 5) is 26.5. The fraction of sp³-hybridized carbons (Fsp3) is 0.158. The minimum atomic E-state index is -0.279.